The average Bonchev–Trinajstić information content (AvgIpc) is 3.11. The van der Waals surface area contributed by atoms with Gasteiger partial charge in [0.2, 0.25) is 5.82 Å². The molecule has 2 N–H and O–H groups in total. The summed E-state index contributed by atoms with van der Waals surface area (Å²) in [6.07, 6.45) is -3.36. The highest BCUT2D eigenvalue weighted by Gasteiger charge is 2.38. The number of halogens is 3. The highest BCUT2D eigenvalue weighted by atomic mass is 19.4. The van der Waals surface area contributed by atoms with Gasteiger partial charge in [0, 0.05) is 11.8 Å². The van der Waals surface area contributed by atoms with E-state index in [2.05, 4.69) is 25.0 Å². The number of hydrogen-bond acceptors (Lipinski definition) is 6. The Morgan fingerprint density at radius 2 is 1.88 bits per heavy atom. The van der Waals surface area contributed by atoms with E-state index >= 15 is 0 Å². The van der Waals surface area contributed by atoms with Crippen LogP contribution in [0.2, 0.25) is 0 Å². The lowest BCUT2D eigenvalue weighted by Gasteiger charge is -2.17. The first-order chi connectivity index (χ1) is 12.0. The number of nitrogens with zero attached hydrogens (tertiary/aromatic N) is 3. The van der Waals surface area contributed by atoms with Crippen LogP contribution in [0.25, 0.3) is 11.4 Å². The Hall–Kier alpha value is -2.94. The number of aliphatic hydroxyl groups is 1. The fourth-order valence-corrected chi connectivity index (χ4v) is 2.17. The van der Waals surface area contributed by atoms with E-state index in [-0.39, 0.29) is 24.0 Å². The Labute approximate surface area is 140 Å². The molecule has 0 aliphatic heterocycles. The zero-order valence-electron chi connectivity index (χ0n) is 12.7. The Morgan fingerprint density at radius 1 is 1.12 bits per heavy atom. The lowest BCUT2D eigenvalue weighted by Crippen LogP contribution is -2.15. The largest absolute Gasteiger partial charge is 0.471 e. The molecule has 25 heavy (non-hydrogen) atoms. The molecule has 3 rings (SSSR count). The van der Waals surface area contributed by atoms with Crippen LogP contribution < -0.4 is 5.32 Å². The molecule has 0 aliphatic carbocycles. The number of benzene rings is 1. The van der Waals surface area contributed by atoms with Crippen molar-refractivity contribution in [3.63, 3.8) is 0 Å². The Morgan fingerprint density at radius 3 is 2.44 bits per heavy atom. The van der Waals surface area contributed by atoms with Crippen LogP contribution in [0.1, 0.15) is 17.5 Å². The van der Waals surface area contributed by atoms with Crippen LogP contribution in [0, 0.1) is 0 Å². The third kappa shape index (κ3) is 3.94. The summed E-state index contributed by atoms with van der Waals surface area (Å²) in [5, 5.41) is 15.9. The SMILES string of the molecule is OCC(Nc1ccc(-c2noc(C(F)(F)F)n2)cn1)c1ccccc1. The lowest BCUT2D eigenvalue weighted by molar-refractivity contribution is -0.159. The summed E-state index contributed by atoms with van der Waals surface area (Å²) in [5.74, 6) is -1.16. The zero-order chi connectivity index (χ0) is 17.9. The molecule has 0 saturated carbocycles. The number of rotatable bonds is 5. The van der Waals surface area contributed by atoms with Crippen molar-refractivity contribution in [2.75, 3.05) is 11.9 Å². The first-order valence-electron chi connectivity index (χ1n) is 7.27. The van der Waals surface area contributed by atoms with Crippen LogP contribution in [0.3, 0.4) is 0 Å². The predicted octanol–water partition coefficient (Wildman–Crippen LogP) is 3.30. The highest BCUT2D eigenvalue weighted by molar-refractivity contribution is 5.55. The lowest BCUT2D eigenvalue weighted by atomic mass is 10.1. The normalized spacial score (nSPS) is 12.8. The second-order valence-electron chi connectivity index (χ2n) is 5.14. The molecule has 0 bridgehead atoms. The minimum absolute atomic E-state index is 0.146. The minimum atomic E-state index is -4.69. The first-order valence-corrected chi connectivity index (χ1v) is 7.27. The van der Waals surface area contributed by atoms with Gasteiger partial charge in [-0.3, -0.25) is 0 Å². The topological polar surface area (TPSA) is 84.1 Å². The standard InChI is InChI=1S/C16H13F3N4O2/c17-16(18,19)15-22-14(23-25-15)11-6-7-13(20-8-11)21-12(9-24)10-4-2-1-3-5-10/h1-8,12,24H,9H2,(H,20,21). The quantitative estimate of drug-likeness (QED) is 0.735. The van der Waals surface area contributed by atoms with E-state index in [0.717, 1.165) is 5.56 Å². The number of nitrogens with one attached hydrogen (secondary N) is 1. The summed E-state index contributed by atoms with van der Waals surface area (Å²) in [4.78, 5) is 7.42. The summed E-state index contributed by atoms with van der Waals surface area (Å²) in [6.45, 7) is -0.146. The van der Waals surface area contributed by atoms with Crippen LogP contribution in [-0.4, -0.2) is 26.8 Å². The van der Waals surface area contributed by atoms with E-state index in [1.165, 1.54) is 12.3 Å². The predicted molar refractivity (Wildman–Crippen MR) is 82.4 cm³/mol. The Bertz CT molecular complexity index is 819. The molecule has 1 aromatic carbocycles. The van der Waals surface area contributed by atoms with Gasteiger partial charge in [0.25, 0.3) is 0 Å². The van der Waals surface area contributed by atoms with Crippen molar-refractivity contribution in [3.8, 4) is 11.4 Å². The molecule has 9 heteroatoms. The van der Waals surface area contributed by atoms with Gasteiger partial charge in [-0.05, 0) is 17.7 Å². The number of alkyl halides is 3. The van der Waals surface area contributed by atoms with Gasteiger partial charge in [-0.2, -0.15) is 18.2 Å². The Kier molecular flexibility index (Phi) is 4.66. The molecular weight excluding hydrogens is 337 g/mol. The first kappa shape index (κ1) is 16.9. The molecule has 0 fully saturated rings. The van der Waals surface area contributed by atoms with E-state index in [9.17, 15) is 18.3 Å². The maximum absolute atomic E-state index is 12.5. The van der Waals surface area contributed by atoms with E-state index < -0.39 is 12.1 Å². The molecule has 1 unspecified atom stereocenters. The molecule has 6 nitrogen and oxygen atoms in total. The van der Waals surface area contributed by atoms with Crippen molar-refractivity contribution in [1.82, 2.24) is 15.1 Å². The van der Waals surface area contributed by atoms with Gasteiger partial charge < -0.3 is 14.9 Å². The molecule has 0 saturated heterocycles. The number of aliphatic hydroxyl groups excluding tert-OH is 1. The van der Waals surface area contributed by atoms with Crippen LogP contribution >= 0.6 is 0 Å². The van der Waals surface area contributed by atoms with Crippen molar-refractivity contribution in [2.45, 2.75) is 12.2 Å². The highest BCUT2D eigenvalue weighted by Crippen LogP contribution is 2.29. The second-order valence-corrected chi connectivity index (χ2v) is 5.14. The summed E-state index contributed by atoms with van der Waals surface area (Å²) < 4.78 is 41.6. The zero-order valence-corrected chi connectivity index (χ0v) is 12.7. The second kappa shape index (κ2) is 6.89. The molecule has 0 radical (unpaired) electrons. The van der Waals surface area contributed by atoms with Gasteiger partial charge >= 0.3 is 12.1 Å². The molecule has 2 aromatic heterocycles. The van der Waals surface area contributed by atoms with Crippen molar-refractivity contribution < 1.29 is 22.8 Å². The average molecular weight is 350 g/mol. The van der Waals surface area contributed by atoms with E-state index in [1.807, 2.05) is 30.3 Å². The van der Waals surface area contributed by atoms with Crippen LogP contribution in [-0.2, 0) is 6.18 Å². The van der Waals surface area contributed by atoms with Crippen LogP contribution in [0.5, 0.6) is 0 Å². The summed E-state index contributed by atoms with van der Waals surface area (Å²) in [6, 6.07) is 12.0. The van der Waals surface area contributed by atoms with Crippen molar-refractivity contribution >= 4 is 5.82 Å². The smallest absolute Gasteiger partial charge is 0.394 e. The van der Waals surface area contributed by atoms with E-state index in [0.29, 0.717) is 5.82 Å². The minimum Gasteiger partial charge on any atom is -0.394 e. The molecule has 1 atom stereocenters. The van der Waals surface area contributed by atoms with Crippen molar-refractivity contribution in [1.29, 1.82) is 0 Å². The van der Waals surface area contributed by atoms with Gasteiger partial charge in [0.05, 0.1) is 12.6 Å². The van der Waals surface area contributed by atoms with Crippen LogP contribution in [0.4, 0.5) is 19.0 Å². The number of pyridine rings is 1. The van der Waals surface area contributed by atoms with E-state index in [4.69, 9.17) is 0 Å². The fraction of sp³-hybridized carbons (Fsp3) is 0.188. The maximum Gasteiger partial charge on any atom is 0.471 e. The third-order valence-electron chi connectivity index (χ3n) is 3.40. The number of hydrogen-bond donors (Lipinski definition) is 2. The summed E-state index contributed by atoms with van der Waals surface area (Å²) in [7, 11) is 0. The molecule has 0 spiro atoms. The molecule has 2 heterocycles. The Balaban J connectivity index is 1.75. The van der Waals surface area contributed by atoms with Gasteiger partial charge in [-0.1, -0.05) is 35.5 Å². The molecule has 3 aromatic rings. The van der Waals surface area contributed by atoms with Gasteiger partial charge in [0.15, 0.2) is 0 Å². The van der Waals surface area contributed by atoms with Crippen molar-refractivity contribution in [2.24, 2.45) is 0 Å². The maximum atomic E-state index is 12.5. The molecular formula is C16H13F3N4O2. The molecule has 0 amide bonds. The molecule has 0 aliphatic rings. The van der Waals surface area contributed by atoms with Gasteiger partial charge in [-0.25, -0.2) is 4.98 Å². The number of aromatic nitrogens is 3. The van der Waals surface area contributed by atoms with Gasteiger partial charge in [0.1, 0.15) is 5.82 Å². The van der Waals surface area contributed by atoms with Crippen molar-refractivity contribution in [3.05, 3.63) is 60.1 Å². The fourth-order valence-electron chi connectivity index (χ4n) is 2.17. The molecule has 130 valence electrons. The number of anilines is 1. The van der Waals surface area contributed by atoms with Gasteiger partial charge in [-0.15, -0.1) is 0 Å². The van der Waals surface area contributed by atoms with Crippen LogP contribution in [0.15, 0.2) is 53.2 Å². The van der Waals surface area contributed by atoms with E-state index in [1.54, 1.807) is 6.07 Å². The summed E-state index contributed by atoms with van der Waals surface area (Å²) >= 11 is 0. The summed E-state index contributed by atoms with van der Waals surface area (Å²) in [5.41, 5.74) is 1.16. The monoisotopic (exact) mass is 350 g/mol. The third-order valence-corrected chi connectivity index (χ3v) is 3.40.